The van der Waals surface area contributed by atoms with Gasteiger partial charge in [-0.15, -0.1) is 0 Å². The van der Waals surface area contributed by atoms with Gasteiger partial charge >= 0.3 is 0 Å². The van der Waals surface area contributed by atoms with Crippen LogP contribution in [0.25, 0.3) is 0 Å². The monoisotopic (exact) mass is 212 g/mol. The fraction of sp³-hybridized carbons (Fsp3) is 0.909. The Labute approximate surface area is 90.5 Å². The van der Waals surface area contributed by atoms with Gasteiger partial charge in [-0.2, -0.15) is 0 Å². The van der Waals surface area contributed by atoms with Crippen molar-refractivity contribution in [1.29, 1.82) is 0 Å². The van der Waals surface area contributed by atoms with Crippen LogP contribution in [0.5, 0.6) is 0 Å². The van der Waals surface area contributed by atoms with Crippen LogP contribution in [0.3, 0.4) is 0 Å². The number of carbonyl (C=O) groups excluding carboxylic acids is 1. The molecule has 0 radical (unpaired) electrons. The van der Waals surface area contributed by atoms with Crippen molar-refractivity contribution in [2.24, 2.45) is 5.73 Å². The zero-order chi connectivity index (χ0) is 10.7. The molecular weight excluding hydrogens is 192 g/mol. The second kappa shape index (κ2) is 4.94. The van der Waals surface area contributed by atoms with E-state index in [1.165, 1.54) is 6.42 Å². The smallest absolute Gasteiger partial charge is 0.220 e. The van der Waals surface area contributed by atoms with Crippen molar-refractivity contribution in [3.63, 3.8) is 0 Å². The fourth-order valence-electron chi connectivity index (χ4n) is 2.50. The summed E-state index contributed by atoms with van der Waals surface area (Å²) in [5.74, 6) is 0.157. The van der Waals surface area contributed by atoms with Crippen LogP contribution in [-0.4, -0.2) is 30.7 Å². The maximum absolute atomic E-state index is 11.5. The Bertz CT molecular complexity index is 233. The molecule has 2 bridgehead atoms. The summed E-state index contributed by atoms with van der Waals surface area (Å²) in [4.78, 5) is 11.5. The molecule has 4 heteroatoms. The minimum atomic E-state index is 0.157. The fourth-order valence-corrected chi connectivity index (χ4v) is 2.50. The van der Waals surface area contributed by atoms with Crippen LogP contribution in [0.2, 0.25) is 0 Å². The van der Waals surface area contributed by atoms with E-state index in [0.29, 0.717) is 19.1 Å². The molecule has 0 aromatic rings. The standard InChI is InChI=1S/C11H20N2O2/c12-6-2-1-3-11(14)13-9-7-8-4-5-10(9)15-8/h8-10H,1-7,12H2,(H,13,14). The molecule has 2 aliphatic rings. The molecule has 0 saturated carbocycles. The largest absolute Gasteiger partial charge is 0.373 e. The van der Waals surface area contributed by atoms with Gasteiger partial charge in [-0.25, -0.2) is 0 Å². The van der Waals surface area contributed by atoms with E-state index < -0.39 is 0 Å². The predicted octanol–water partition coefficient (Wildman–Crippen LogP) is 0.552. The first-order chi connectivity index (χ1) is 7.29. The molecule has 15 heavy (non-hydrogen) atoms. The topological polar surface area (TPSA) is 64.4 Å². The summed E-state index contributed by atoms with van der Waals surface area (Å²) in [7, 11) is 0. The zero-order valence-electron chi connectivity index (χ0n) is 9.08. The van der Waals surface area contributed by atoms with Crippen LogP contribution < -0.4 is 11.1 Å². The van der Waals surface area contributed by atoms with Gasteiger partial charge in [0.1, 0.15) is 0 Å². The third-order valence-electron chi connectivity index (χ3n) is 3.31. The first-order valence-corrected chi connectivity index (χ1v) is 5.94. The highest BCUT2D eigenvalue weighted by atomic mass is 16.5. The number of ether oxygens (including phenoxy) is 1. The van der Waals surface area contributed by atoms with Gasteiger partial charge in [0.05, 0.1) is 18.2 Å². The normalized spacial score (nSPS) is 33.3. The van der Waals surface area contributed by atoms with Gasteiger partial charge in [0.15, 0.2) is 0 Å². The van der Waals surface area contributed by atoms with Crippen molar-refractivity contribution in [1.82, 2.24) is 5.32 Å². The Hall–Kier alpha value is -0.610. The quantitative estimate of drug-likeness (QED) is 0.654. The molecule has 3 N–H and O–H groups in total. The molecular formula is C11H20N2O2. The number of nitrogens with two attached hydrogens (primary N) is 1. The van der Waals surface area contributed by atoms with Crippen LogP contribution in [0.1, 0.15) is 38.5 Å². The molecule has 3 unspecified atom stereocenters. The lowest BCUT2D eigenvalue weighted by Crippen LogP contribution is -2.41. The maximum atomic E-state index is 11.5. The zero-order valence-corrected chi connectivity index (χ0v) is 9.08. The summed E-state index contributed by atoms with van der Waals surface area (Å²) in [6.45, 7) is 0.671. The average molecular weight is 212 g/mol. The number of carbonyl (C=O) groups is 1. The number of hydrogen-bond donors (Lipinski definition) is 2. The van der Waals surface area contributed by atoms with Crippen LogP contribution >= 0.6 is 0 Å². The molecule has 2 heterocycles. The summed E-state index contributed by atoms with van der Waals surface area (Å²) in [5.41, 5.74) is 5.38. The highest BCUT2D eigenvalue weighted by Gasteiger charge is 2.41. The molecule has 2 aliphatic heterocycles. The average Bonchev–Trinajstić information content (AvgIpc) is 2.79. The molecule has 2 saturated heterocycles. The van der Waals surface area contributed by atoms with E-state index in [2.05, 4.69) is 5.32 Å². The highest BCUT2D eigenvalue weighted by Crippen LogP contribution is 2.34. The first kappa shape index (κ1) is 10.9. The second-order valence-electron chi connectivity index (χ2n) is 4.53. The van der Waals surface area contributed by atoms with Crippen molar-refractivity contribution in [2.45, 2.75) is 56.8 Å². The Morgan fingerprint density at radius 3 is 2.87 bits per heavy atom. The lowest BCUT2D eigenvalue weighted by atomic mass is 9.95. The Balaban J connectivity index is 1.66. The third kappa shape index (κ3) is 2.69. The van der Waals surface area contributed by atoms with Gasteiger partial charge in [-0.05, 0) is 38.6 Å². The van der Waals surface area contributed by atoms with Gasteiger partial charge in [0, 0.05) is 6.42 Å². The van der Waals surface area contributed by atoms with E-state index in [9.17, 15) is 4.79 Å². The Morgan fingerprint density at radius 1 is 1.40 bits per heavy atom. The van der Waals surface area contributed by atoms with Crippen molar-refractivity contribution in [3.05, 3.63) is 0 Å². The molecule has 0 aliphatic carbocycles. The molecule has 3 atom stereocenters. The number of amides is 1. The van der Waals surface area contributed by atoms with Crippen molar-refractivity contribution >= 4 is 5.91 Å². The first-order valence-electron chi connectivity index (χ1n) is 5.94. The van der Waals surface area contributed by atoms with Crippen molar-refractivity contribution in [2.75, 3.05) is 6.54 Å². The van der Waals surface area contributed by atoms with E-state index in [0.717, 1.165) is 25.7 Å². The van der Waals surface area contributed by atoms with Gasteiger partial charge in [0.25, 0.3) is 0 Å². The van der Waals surface area contributed by atoms with E-state index in [-0.39, 0.29) is 18.1 Å². The molecule has 0 spiro atoms. The Kier molecular flexibility index (Phi) is 3.59. The van der Waals surface area contributed by atoms with Crippen molar-refractivity contribution in [3.8, 4) is 0 Å². The molecule has 2 rings (SSSR count). The number of rotatable bonds is 5. The van der Waals surface area contributed by atoms with Crippen LogP contribution in [0, 0.1) is 0 Å². The summed E-state index contributed by atoms with van der Waals surface area (Å²) in [5, 5.41) is 3.06. The number of fused-ring (bicyclic) bond motifs is 2. The van der Waals surface area contributed by atoms with E-state index >= 15 is 0 Å². The number of unbranched alkanes of at least 4 members (excludes halogenated alkanes) is 1. The van der Waals surface area contributed by atoms with E-state index in [1.807, 2.05) is 0 Å². The molecule has 2 fully saturated rings. The maximum Gasteiger partial charge on any atom is 0.220 e. The van der Waals surface area contributed by atoms with Crippen molar-refractivity contribution < 1.29 is 9.53 Å². The summed E-state index contributed by atoms with van der Waals surface area (Å²) >= 11 is 0. The minimum Gasteiger partial charge on any atom is -0.373 e. The highest BCUT2D eigenvalue weighted by molar-refractivity contribution is 5.76. The van der Waals surface area contributed by atoms with Gasteiger partial charge in [-0.1, -0.05) is 0 Å². The van der Waals surface area contributed by atoms with Gasteiger partial charge in [0.2, 0.25) is 5.91 Å². The lowest BCUT2D eigenvalue weighted by Gasteiger charge is -2.19. The molecule has 0 aromatic heterocycles. The summed E-state index contributed by atoms with van der Waals surface area (Å²) in [6, 6.07) is 0.272. The van der Waals surface area contributed by atoms with Gasteiger partial charge in [-0.3, -0.25) is 4.79 Å². The third-order valence-corrected chi connectivity index (χ3v) is 3.31. The molecule has 0 aromatic carbocycles. The molecule has 4 nitrogen and oxygen atoms in total. The molecule has 86 valence electrons. The number of hydrogen-bond acceptors (Lipinski definition) is 3. The minimum absolute atomic E-state index is 0.157. The van der Waals surface area contributed by atoms with Crippen LogP contribution in [0.4, 0.5) is 0 Å². The summed E-state index contributed by atoms with van der Waals surface area (Å²) < 4.78 is 5.68. The van der Waals surface area contributed by atoms with Crippen LogP contribution in [-0.2, 0) is 9.53 Å². The SMILES string of the molecule is NCCCCC(=O)NC1CC2CCC1O2. The second-order valence-corrected chi connectivity index (χ2v) is 4.53. The van der Waals surface area contributed by atoms with Crippen LogP contribution in [0.15, 0.2) is 0 Å². The molecule has 1 amide bonds. The predicted molar refractivity (Wildman–Crippen MR) is 57.3 cm³/mol. The lowest BCUT2D eigenvalue weighted by molar-refractivity contribution is -0.122. The summed E-state index contributed by atoms with van der Waals surface area (Å²) in [6.07, 6.45) is 6.41. The van der Waals surface area contributed by atoms with E-state index in [4.69, 9.17) is 10.5 Å². The van der Waals surface area contributed by atoms with E-state index in [1.54, 1.807) is 0 Å². The number of nitrogens with one attached hydrogen (secondary N) is 1. The van der Waals surface area contributed by atoms with Gasteiger partial charge < -0.3 is 15.8 Å². The Morgan fingerprint density at radius 2 is 2.27 bits per heavy atom.